The molecule has 116 valence electrons. The summed E-state index contributed by atoms with van der Waals surface area (Å²) >= 11 is 0. The largest absolute Gasteiger partial charge is 0.489 e. The zero-order valence-corrected chi connectivity index (χ0v) is 12.9. The van der Waals surface area contributed by atoms with Crippen LogP contribution in [0.3, 0.4) is 0 Å². The molecule has 4 nitrogen and oxygen atoms in total. The van der Waals surface area contributed by atoms with Gasteiger partial charge in [0.1, 0.15) is 12.4 Å². The van der Waals surface area contributed by atoms with E-state index in [0.717, 1.165) is 17.7 Å². The van der Waals surface area contributed by atoms with Gasteiger partial charge in [0.15, 0.2) is 5.60 Å². The summed E-state index contributed by atoms with van der Waals surface area (Å²) in [6.45, 7) is 3.74. The van der Waals surface area contributed by atoms with Crippen LogP contribution in [0, 0.1) is 0 Å². The van der Waals surface area contributed by atoms with Crippen molar-refractivity contribution in [2.75, 3.05) is 0 Å². The van der Waals surface area contributed by atoms with Crippen molar-refractivity contribution in [1.82, 2.24) is 0 Å². The van der Waals surface area contributed by atoms with E-state index < -0.39 is 11.5 Å². The zero-order valence-electron chi connectivity index (χ0n) is 12.9. The van der Waals surface area contributed by atoms with Crippen LogP contribution < -0.4 is 10.5 Å². The lowest BCUT2D eigenvalue weighted by Gasteiger charge is -2.23. The Kier molecular flexibility index (Phi) is 4.83. The molecule has 4 heteroatoms. The molecule has 0 aliphatic carbocycles. The van der Waals surface area contributed by atoms with Gasteiger partial charge in [0.05, 0.1) is 0 Å². The Balaban J connectivity index is 2.18. The number of nitrogens with two attached hydrogens (primary N) is 1. The van der Waals surface area contributed by atoms with Crippen molar-refractivity contribution >= 4 is 5.91 Å². The van der Waals surface area contributed by atoms with E-state index >= 15 is 0 Å². The third-order valence-electron chi connectivity index (χ3n) is 3.75. The average Bonchev–Trinajstić information content (AvgIpc) is 2.53. The van der Waals surface area contributed by atoms with E-state index in [1.165, 1.54) is 12.5 Å². The number of carbonyl (C=O) groups is 1. The van der Waals surface area contributed by atoms with Crippen molar-refractivity contribution in [2.45, 2.75) is 32.5 Å². The molecule has 0 aromatic heterocycles. The molecule has 2 aromatic rings. The number of aryl methyl sites for hydroxylation is 1. The number of hydrogen-bond donors (Lipinski definition) is 2. The predicted octanol–water partition coefficient (Wildman–Crippen LogP) is 2.52. The highest BCUT2D eigenvalue weighted by Gasteiger charge is 2.32. The Morgan fingerprint density at radius 2 is 1.82 bits per heavy atom. The molecule has 0 spiro atoms. The third-order valence-corrected chi connectivity index (χ3v) is 3.75. The maximum absolute atomic E-state index is 11.4. The lowest BCUT2D eigenvalue weighted by Crippen LogP contribution is -2.39. The summed E-state index contributed by atoms with van der Waals surface area (Å²) in [4.78, 5) is 11.4. The van der Waals surface area contributed by atoms with E-state index in [9.17, 15) is 9.90 Å². The Morgan fingerprint density at radius 1 is 1.18 bits per heavy atom. The fraction of sp³-hybridized carbons (Fsp3) is 0.278. The first-order valence-electron chi connectivity index (χ1n) is 7.27. The number of amides is 1. The van der Waals surface area contributed by atoms with Gasteiger partial charge in [-0.1, -0.05) is 43.3 Å². The van der Waals surface area contributed by atoms with Gasteiger partial charge in [0, 0.05) is 0 Å². The zero-order chi connectivity index (χ0) is 16.2. The highest BCUT2D eigenvalue weighted by Crippen LogP contribution is 2.25. The van der Waals surface area contributed by atoms with Crippen molar-refractivity contribution < 1.29 is 14.6 Å². The van der Waals surface area contributed by atoms with E-state index in [1.54, 1.807) is 12.1 Å². The minimum absolute atomic E-state index is 0.255. The van der Waals surface area contributed by atoms with E-state index in [1.807, 2.05) is 36.4 Å². The topological polar surface area (TPSA) is 72.6 Å². The van der Waals surface area contributed by atoms with Gasteiger partial charge < -0.3 is 15.6 Å². The number of hydrogen-bond acceptors (Lipinski definition) is 3. The fourth-order valence-corrected chi connectivity index (χ4v) is 2.24. The smallest absolute Gasteiger partial charge is 0.253 e. The number of primary amides is 1. The number of ether oxygens (including phenoxy) is 1. The van der Waals surface area contributed by atoms with Crippen molar-refractivity contribution in [3.8, 4) is 5.75 Å². The van der Waals surface area contributed by atoms with E-state index in [4.69, 9.17) is 10.5 Å². The molecule has 3 N–H and O–H groups in total. The molecular weight excluding hydrogens is 278 g/mol. The van der Waals surface area contributed by atoms with Gasteiger partial charge in [-0.3, -0.25) is 4.79 Å². The lowest BCUT2D eigenvalue weighted by atomic mass is 9.91. The van der Waals surface area contributed by atoms with Gasteiger partial charge in [0.25, 0.3) is 5.91 Å². The summed E-state index contributed by atoms with van der Waals surface area (Å²) in [5, 5.41) is 10.3. The SMILES string of the molecule is CCc1ccc(OCc2ccccc2C(C)(O)C(N)=O)cc1. The number of rotatable bonds is 6. The minimum Gasteiger partial charge on any atom is -0.489 e. The minimum atomic E-state index is -1.72. The maximum Gasteiger partial charge on any atom is 0.253 e. The Labute approximate surface area is 130 Å². The highest BCUT2D eigenvalue weighted by atomic mass is 16.5. The molecule has 0 aliphatic rings. The van der Waals surface area contributed by atoms with Crippen molar-refractivity contribution in [2.24, 2.45) is 5.73 Å². The lowest BCUT2D eigenvalue weighted by molar-refractivity contribution is -0.135. The van der Waals surface area contributed by atoms with E-state index in [2.05, 4.69) is 6.92 Å². The van der Waals surface area contributed by atoms with Crippen LogP contribution in [0.2, 0.25) is 0 Å². The predicted molar refractivity (Wildman–Crippen MR) is 85.4 cm³/mol. The second-order valence-electron chi connectivity index (χ2n) is 5.38. The molecule has 0 radical (unpaired) electrons. The molecule has 0 fully saturated rings. The van der Waals surface area contributed by atoms with Crippen molar-refractivity contribution in [1.29, 1.82) is 0 Å². The van der Waals surface area contributed by atoms with Crippen LogP contribution in [-0.4, -0.2) is 11.0 Å². The molecule has 0 aliphatic heterocycles. The van der Waals surface area contributed by atoms with Gasteiger partial charge in [-0.2, -0.15) is 0 Å². The molecule has 22 heavy (non-hydrogen) atoms. The Bertz CT molecular complexity index is 648. The van der Waals surface area contributed by atoms with Crippen LogP contribution in [0.25, 0.3) is 0 Å². The van der Waals surface area contributed by atoms with Gasteiger partial charge in [-0.05, 0) is 42.2 Å². The average molecular weight is 299 g/mol. The Hall–Kier alpha value is -2.33. The quantitative estimate of drug-likeness (QED) is 0.861. The normalized spacial score (nSPS) is 13.4. The van der Waals surface area contributed by atoms with E-state index in [0.29, 0.717) is 5.56 Å². The van der Waals surface area contributed by atoms with Crippen molar-refractivity contribution in [3.05, 3.63) is 65.2 Å². The number of benzene rings is 2. The summed E-state index contributed by atoms with van der Waals surface area (Å²) in [5.74, 6) is -0.0435. The van der Waals surface area contributed by atoms with Crippen LogP contribution in [0.5, 0.6) is 5.75 Å². The van der Waals surface area contributed by atoms with Gasteiger partial charge in [-0.25, -0.2) is 0 Å². The van der Waals surface area contributed by atoms with Crippen LogP contribution in [-0.2, 0) is 23.4 Å². The molecule has 1 unspecified atom stereocenters. The van der Waals surface area contributed by atoms with Crippen LogP contribution >= 0.6 is 0 Å². The number of carbonyl (C=O) groups excluding carboxylic acids is 1. The van der Waals surface area contributed by atoms with Crippen LogP contribution in [0.1, 0.15) is 30.5 Å². The molecule has 0 bridgehead atoms. The first-order chi connectivity index (χ1) is 10.4. The molecule has 2 aromatic carbocycles. The summed E-state index contributed by atoms with van der Waals surface area (Å²) in [7, 11) is 0. The first-order valence-corrected chi connectivity index (χ1v) is 7.27. The van der Waals surface area contributed by atoms with Gasteiger partial charge in [0.2, 0.25) is 0 Å². The van der Waals surface area contributed by atoms with Crippen molar-refractivity contribution in [3.63, 3.8) is 0 Å². The second-order valence-corrected chi connectivity index (χ2v) is 5.38. The maximum atomic E-state index is 11.4. The van der Waals surface area contributed by atoms with Gasteiger partial charge >= 0.3 is 0 Å². The first kappa shape index (κ1) is 16.0. The molecule has 0 saturated heterocycles. The molecule has 0 heterocycles. The summed E-state index contributed by atoms with van der Waals surface area (Å²) in [6.07, 6.45) is 0.977. The second kappa shape index (κ2) is 6.62. The highest BCUT2D eigenvalue weighted by molar-refractivity contribution is 5.84. The monoisotopic (exact) mass is 299 g/mol. The molecular formula is C18H21NO3. The molecule has 1 atom stereocenters. The standard InChI is InChI=1S/C18H21NO3/c1-3-13-8-10-15(11-9-13)22-12-14-6-4-5-7-16(14)18(2,21)17(19)20/h4-11,21H,3,12H2,1-2H3,(H2,19,20). The third kappa shape index (κ3) is 3.46. The molecule has 2 rings (SSSR count). The summed E-state index contributed by atoms with van der Waals surface area (Å²) < 4.78 is 5.74. The van der Waals surface area contributed by atoms with Crippen LogP contribution in [0.4, 0.5) is 0 Å². The molecule has 1 amide bonds. The van der Waals surface area contributed by atoms with E-state index in [-0.39, 0.29) is 6.61 Å². The number of aliphatic hydroxyl groups is 1. The van der Waals surface area contributed by atoms with Crippen LogP contribution in [0.15, 0.2) is 48.5 Å². The summed E-state index contributed by atoms with van der Waals surface area (Å²) in [5.41, 5.74) is 6.00. The molecule has 0 saturated carbocycles. The van der Waals surface area contributed by atoms with Gasteiger partial charge in [-0.15, -0.1) is 0 Å². The summed E-state index contributed by atoms with van der Waals surface area (Å²) in [6, 6.07) is 14.9. The fourth-order valence-electron chi connectivity index (χ4n) is 2.24. The Morgan fingerprint density at radius 3 is 2.41 bits per heavy atom.